The maximum Gasteiger partial charge on any atom is 0.329 e. The highest BCUT2D eigenvalue weighted by Gasteiger charge is 2.76. The number of aliphatic hydroxyl groups excluding tert-OH is 1. The Labute approximate surface area is 453 Å². The van der Waals surface area contributed by atoms with Gasteiger partial charge in [0, 0.05) is 24.2 Å². The van der Waals surface area contributed by atoms with Crippen molar-refractivity contribution in [2.45, 2.75) is 55.6 Å². The first-order valence-electron chi connectivity index (χ1n) is 26.0. The molecule has 4 aliphatic heterocycles. The van der Waals surface area contributed by atoms with Crippen LogP contribution in [0.1, 0.15) is 81.2 Å². The standard InChI is InChI=1S/C64H58N4O10/c1-40(43-15-8-5-9-16-43)65-63(73)67-52-30-27-42(24-23-41-25-28-49(74-2)29-26-41)35-51(52)64(62(67)72)55(60(70)66-32-31-46-37-53(75-3)54(76-4)38-48(46)39-66)57-61(71)78-58(45-19-12-7-13-20-45)56(44-17-10-6-11-18-44)68(57)59(64)47-21-14-22-50(36-47)77-34-33-69/h5-22,25-30,35-38,40,55-59,69H,31-34,39H2,1-4H3,(H,65,73)/t40-,55+,56+,57+,58-,59-,64+/m1/s1. The SMILES string of the molecule is COc1ccc(C#Cc2ccc3c(c2)[C@]2(C(=O)N3C(=O)N[C@H](C)c3ccccc3)[C@H](C(=O)N3CCc4cc(OC)c(OC)cc4C3)[C@H]3C(=O)O[C@H](c4ccccc4)[C@H](c4ccccc4)N3[C@@H]2c2cccc(OCCO)c2)cc1. The molecule has 2 N–H and O–H groups in total. The zero-order valence-electron chi connectivity index (χ0n) is 43.6. The van der Waals surface area contributed by atoms with Crippen LogP contribution in [-0.4, -0.2) is 85.9 Å². The van der Waals surface area contributed by atoms with Crippen molar-refractivity contribution in [1.29, 1.82) is 0 Å². The first-order valence-corrected chi connectivity index (χ1v) is 26.0. The van der Waals surface area contributed by atoms with Gasteiger partial charge in [-0.25, -0.2) is 9.69 Å². The second-order valence-electron chi connectivity index (χ2n) is 19.8. The van der Waals surface area contributed by atoms with Crippen LogP contribution in [0, 0.1) is 17.8 Å². The summed E-state index contributed by atoms with van der Waals surface area (Å²) in [6.45, 7) is 1.89. The van der Waals surface area contributed by atoms with Crippen LogP contribution in [0.15, 0.2) is 170 Å². The third kappa shape index (κ3) is 9.04. The number of benzene rings is 7. The van der Waals surface area contributed by atoms with E-state index in [9.17, 15) is 5.11 Å². The molecule has 4 amide bonds. The third-order valence-corrected chi connectivity index (χ3v) is 15.6. The van der Waals surface area contributed by atoms with Gasteiger partial charge in [-0.3, -0.25) is 19.3 Å². The quantitative estimate of drug-likeness (QED) is 0.0889. The number of ether oxygens (including phenoxy) is 5. The molecule has 11 rings (SSSR count). The van der Waals surface area contributed by atoms with E-state index in [1.165, 1.54) is 0 Å². The molecule has 1 spiro atoms. The molecule has 7 aromatic carbocycles. The average Bonchev–Trinajstić information content (AvgIpc) is 2.85. The van der Waals surface area contributed by atoms with E-state index in [4.69, 9.17) is 23.7 Å². The van der Waals surface area contributed by atoms with Crippen LogP contribution in [0.3, 0.4) is 0 Å². The van der Waals surface area contributed by atoms with Crippen LogP contribution in [0.2, 0.25) is 0 Å². The molecule has 2 fully saturated rings. The van der Waals surface area contributed by atoms with Crippen molar-refractivity contribution < 1.29 is 48.0 Å². The van der Waals surface area contributed by atoms with Crippen molar-refractivity contribution >= 4 is 29.5 Å². The van der Waals surface area contributed by atoms with Gasteiger partial charge in [0.2, 0.25) is 11.8 Å². The molecule has 0 saturated carbocycles. The van der Waals surface area contributed by atoms with Gasteiger partial charge in [0.25, 0.3) is 0 Å². The lowest BCUT2D eigenvalue weighted by Crippen LogP contribution is -2.57. The first kappa shape index (κ1) is 51.2. The molecule has 0 aromatic heterocycles. The fourth-order valence-electron chi connectivity index (χ4n) is 12.1. The van der Waals surface area contributed by atoms with E-state index >= 15 is 19.2 Å². The Hall–Kier alpha value is -8.90. The number of urea groups is 1. The number of hydrogen-bond acceptors (Lipinski definition) is 11. The van der Waals surface area contributed by atoms with Crippen molar-refractivity contribution in [2.24, 2.45) is 5.92 Å². The molecule has 0 aliphatic carbocycles. The lowest BCUT2D eigenvalue weighted by molar-refractivity contribution is -0.179. The average molecular weight is 1040 g/mol. The van der Waals surface area contributed by atoms with E-state index in [-0.39, 0.29) is 32.0 Å². The number of amides is 4. The predicted molar refractivity (Wildman–Crippen MR) is 292 cm³/mol. The summed E-state index contributed by atoms with van der Waals surface area (Å²) < 4.78 is 29.7. The maximum absolute atomic E-state index is 17.1. The van der Waals surface area contributed by atoms with Gasteiger partial charge in [-0.2, -0.15) is 0 Å². The van der Waals surface area contributed by atoms with Crippen molar-refractivity contribution in [3.8, 4) is 34.8 Å². The fraction of sp³-hybridized carbons (Fsp3) is 0.250. The van der Waals surface area contributed by atoms with Crippen LogP contribution in [0.4, 0.5) is 10.5 Å². The molecule has 4 aliphatic rings. The van der Waals surface area contributed by atoms with Crippen LogP contribution < -0.4 is 29.2 Å². The summed E-state index contributed by atoms with van der Waals surface area (Å²) in [7, 11) is 4.72. The van der Waals surface area contributed by atoms with Crippen molar-refractivity contribution in [1.82, 2.24) is 15.1 Å². The molecule has 14 nitrogen and oxygen atoms in total. The Morgan fingerprint density at radius 1 is 0.705 bits per heavy atom. The molecule has 4 heterocycles. The molecular formula is C64H58N4O10. The van der Waals surface area contributed by atoms with Crippen LogP contribution in [0.25, 0.3) is 0 Å². The highest BCUT2D eigenvalue weighted by Crippen LogP contribution is 2.66. The molecular weight excluding hydrogens is 985 g/mol. The molecule has 0 unspecified atom stereocenters. The molecule has 0 bridgehead atoms. The maximum atomic E-state index is 17.1. The Kier molecular flexibility index (Phi) is 14.2. The number of nitrogens with zero attached hydrogens (tertiary/aromatic N) is 3. The lowest BCUT2D eigenvalue weighted by Gasteiger charge is -2.46. The topological polar surface area (TPSA) is 156 Å². The van der Waals surface area contributed by atoms with Gasteiger partial charge < -0.3 is 39.0 Å². The van der Waals surface area contributed by atoms with Gasteiger partial charge in [-0.05, 0) is 119 Å². The van der Waals surface area contributed by atoms with Crippen molar-refractivity contribution in [3.63, 3.8) is 0 Å². The van der Waals surface area contributed by atoms with Gasteiger partial charge in [-0.15, -0.1) is 0 Å². The molecule has 0 radical (unpaired) electrons. The number of hydrogen-bond donors (Lipinski definition) is 2. The number of aliphatic hydroxyl groups is 1. The molecule has 14 heteroatoms. The highest BCUT2D eigenvalue weighted by molar-refractivity contribution is 6.24. The second kappa shape index (κ2) is 21.6. The summed E-state index contributed by atoms with van der Waals surface area (Å²) in [5.74, 6) is 5.24. The number of anilines is 1. The zero-order valence-corrected chi connectivity index (χ0v) is 43.6. The van der Waals surface area contributed by atoms with Gasteiger partial charge >= 0.3 is 12.0 Å². The number of morpholine rings is 1. The minimum absolute atomic E-state index is 0.0274. The molecule has 7 atom stereocenters. The van der Waals surface area contributed by atoms with Crippen LogP contribution >= 0.6 is 0 Å². The van der Waals surface area contributed by atoms with E-state index in [0.29, 0.717) is 57.2 Å². The van der Waals surface area contributed by atoms with E-state index < -0.39 is 65.4 Å². The normalized spacial score (nSPS) is 21.5. The number of carbonyl (C=O) groups is 4. The summed E-state index contributed by atoms with van der Waals surface area (Å²) >= 11 is 0. The number of cyclic esters (lactones) is 1. The summed E-state index contributed by atoms with van der Waals surface area (Å²) in [6, 6.07) is 47.4. The zero-order chi connectivity index (χ0) is 54.1. The van der Waals surface area contributed by atoms with E-state index in [1.807, 2.05) is 145 Å². The first-order chi connectivity index (χ1) is 38.1. The summed E-state index contributed by atoms with van der Waals surface area (Å²) in [5.41, 5.74) is 4.23. The number of methoxy groups -OCH3 is 3. The minimum atomic E-state index is -2.06. The van der Waals surface area contributed by atoms with E-state index in [0.717, 1.165) is 27.2 Å². The van der Waals surface area contributed by atoms with Crippen LogP contribution in [-0.2, 0) is 37.5 Å². The number of nitrogens with one attached hydrogen (secondary N) is 1. The highest BCUT2D eigenvalue weighted by atomic mass is 16.6. The van der Waals surface area contributed by atoms with Crippen LogP contribution in [0.5, 0.6) is 23.0 Å². The van der Waals surface area contributed by atoms with E-state index in [1.54, 1.807) is 62.6 Å². The minimum Gasteiger partial charge on any atom is -0.497 e. The Morgan fingerprint density at radius 3 is 2.03 bits per heavy atom. The predicted octanol–water partition coefficient (Wildman–Crippen LogP) is 9.20. The van der Waals surface area contributed by atoms with E-state index in [2.05, 4.69) is 17.2 Å². The number of carbonyl (C=O) groups excluding carboxylic acids is 4. The lowest BCUT2D eigenvalue weighted by atomic mass is 9.64. The third-order valence-electron chi connectivity index (χ3n) is 15.6. The molecule has 78 heavy (non-hydrogen) atoms. The van der Waals surface area contributed by atoms with Gasteiger partial charge in [0.1, 0.15) is 35.7 Å². The number of esters is 1. The Balaban J connectivity index is 1.19. The van der Waals surface area contributed by atoms with Gasteiger partial charge in [-0.1, -0.05) is 115 Å². The van der Waals surface area contributed by atoms with Crippen molar-refractivity contribution in [2.75, 3.05) is 46.0 Å². The summed E-state index contributed by atoms with van der Waals surface area (Å²) in [5, 5.41) is 13.1. The fourth-order valence-corrected chi connectivity index (χ4v) is 12.1. The Bertz CT molecular complexity index is 3460. The summed E-state index contributed by atoms with van der Waals surface area (Å²) in [4.78, 5) is 70.0. The largest absolute Gasteiger partial charge is 0.497 e. The van der Waals surface area contributed by atoms with Gasteiger partial charge in [0.15, 0.2) is 11.5 Å². The monoisotopic (exact) mass is 1040 g/mol. The second-order valence-corrected chi connectivity index (χ2v) is 19.8. The van der Waals surface area contributed by atoms with Crippen molar-refractivity contribution in [3.05, 3.63) is 220 Å². The molecule has 7 aromatic rings. The molecule has 2 saturated heterocycles. The number of fused-ring (bicyclic) bond motifs is 4. The molecule has 394 valence electrons. The Morgan fingerprint density at radius 2 is 1.35 bits per heavy atom. The summed E-state index contributed by atoms with van der Waals surface area (Å²) in [6.07, 6.45) is -0.509. The number of rotatable bonds is 12. The smallest absolute Gasteiger partial charge is 0.329 e. The van der Waals surface area contributed by atoms with Gasteiger partial charge in [0.05, 0.1) is 57.7 Å². The number of imide groups is 1.